The van der Waals surface area contributed by atoms with Crippen molar-refractivity contribution in [3.8, 4) is 11.3 Å². The van der Waals surface area contributed by atoms with Gasteiger partial charge in [0.25, 0.3) is 0 Å². The standard InChI is InChI=1S/C25H34N6O3/c1-31(2)18-10-8-16(9-11-18)19-12-13-26-24(28-19)29-20-14-33-23-21(15-34-22(20)23)30-25(32)27-17-6-4-3-5-7-17/h8-13,17,20-23H,3-7,14-15H2,1-2H3,(H,26,28,29)(H2,27,30,32). The molecule has 4 unspecified atom stereocenters. The smallest absolute Gasteiger partial charge is 0.315 e. The molecule has 1 saturated carbocycles. The number of aromatic nitrogens is 2. The van der Waals surface area contributed by atoms with Gasteiger partial charge in [-0.1, -0.05) is 31.4 Å². The summed E-state index contributed by atoms with van der Waals surface area (Å²) in [5.74, 6) is 0.540. The molecular weight excluding hydrogens is 432 g/mol. The summed E-state index contributed by atoms with van der Waals surface area (Å²) < 4.78 is 12.1. The Morgan fingerprint density at radius 2 is 1.65 bits per heavy atom. The van der Waals surface area contributed by atoms with Gasteiger partial charge in [0.1, 0.15) is 12.2 Å². The average molecular weight is 467 g/mol. The van der Waals surface area contributed by atoms with Crippen molar-refractivity contribution in [3.05, 3.63) is 36.5 Å². The Kier molecular flexibility index (Phi) is 6.82. The molecule has 182 valence electrons. The van der Waals surface area contributed by atoms with Crippen LogP contribution in [0.15, 0.2) is 36.5 Å². The molecule has 5 rings (SSSR count). The summed E-state index contributed by atoms with van der Waals surface area (Å²) in [6, 6.07) is 10.1. The summed E-state index contributed by atoms with van der Waals surface area (Å²) in [6.45, 7) is 0.910. The minimum atomic E-state index is -0.184. The highest BCUT2D eigenvalue weighted by Crippen LogP contribution is 2.29. The number of benzene rings is 1. The van der Waals surface area contributed by atoms with E-state index in [4.69, 9.17) is 14.5 Å². The van der Waals surface area contributed by atoms with Crippen LogP contribution in [0.3, 0.4) is 0 Å². The maximum Gasteiger partial charge on any atom is 0.315 e. The number of carbonyl (C=O) groups is 1. The fraction of sp³-hybridized carbons (Fsp3) is 0.560. The number of amides is 2. The molecule has 2 saturated heterocycles. The van der Waals surface area contributed by atoms with E-state index in [2.05, 4.69) is 50.1 Å². The number of carbonyl (C=O) groups excluding carboxylic acids is 1. The van der Waals surface area contributed by atoms with Crippen molar-refractivity contribution in [2.24, 2.45) is 0 Å². The van der Waals surface area contributed by atoms with E-state index < -0.39 is 0 Å². The molecule has 1 aromatic carbocycles. The van der Waals surface area contributed by atoms with Crippen LogP contribution >= 0.6 is 0 Å². The van der Waals surface area contributed by atoms with E-state index in [0.717, 1.165) is 29.8 Å². The molecular formula is C25H34N6O3. The monoisotopic (exact) mass is 466 g/mol. The number of anilines is 2. The van der Waals surface area contributed by atoms with Crippen LogP contribution in [0.2, 0.25) is 0 Å². The lowest BCUT2D eigenvalue weighted by atomic mass is 9.96. The third-order valence-corrected chi connectivity index (χ3v) is 6.96. The fourth-order valence-electron chi connectivity index (χ4n) is 5.07. The van der Waals surface area contributed by atoms with Crippen LogP contribution in [-0.2, 0) is 9.47 Å². The summed E-state index contributed by atoms with van der Waals surface area (Å²) in [6.07, 6.45) is 7.16. The van der Waals surface area contributed by atoms with Crippen LogP contribution in [0.5, 0.6) is 0 Å². The van der Waals surface area contributed by atoms with Crippen LogP contribution in [-0.4, -0.2) is 73.6 Å². The number of hydrogen-bond acceptors (Lipinski definition) is 7. The second kappa shape index (κ2) is 10.1. The zero-order valence-corrected chi connectivity index (χ0v) is 19.9. The lowest BCUT2D eigenvalue weighted by Gasteiger charge is -2.24. The molecule has 1 aliphatic carbocycles. The largest absolute Gasteiger partial charge is 0.378 e. The quantitative estimate of drug-likeness (QED) is 0.602. The van der Waals surface area contributed by atoms with Gasteiger partial charge in [-0.3, -0.25) is 0 Å². The highest BCUT2D eigenvalue weighted by atomic mass is 16.6. The van der Waals surface area contributed by atoms with Crippen molar-refractivity contribution < 1.29 is 14.3 Å². The van der Waals surface area contributed by atoms with Crippen molar-refractivity contribution in [3.63, 3.8) is 0 Å². The van der Waals surface area contributed by atoms with Crippen LogP contribution in [0.25, 0.3) is 11.3 Å². The molecule has 2 amide bonds. The number of rotatable bonds is 6. The maximum absolute atomic E-state index is 12.5. The minimum absolute atomic E-state index is 0.0791. The van der Waals surface area contributed by atoms with Gasteiger partial charge in [-0.25, -0.2) is 14.8 Å². The third-order valence-electron chi connectivity index (χ3n) is 6.96. The van der Waals surface area contributed by atoms with Gasteiger partial charge in [0.15, 0.2) is 0 Å². The Morgan fingerprint density at radius 1 is 0.941 bits per heavy atom. The first-order valence-electron chi connectivity index (χ1n) is 12.2. The van der Waals surface area contributed by atoms with Gasteiger partial charge >= 0.3 is 6.03 Å². The highest BCUT2D eigenvalue weighted by molar-refractivity contribution is 5.74. The van der Waals surface area contributed by atoms with Crippen LogP contribution in [0.1, 0.15) is 32.1 Å². The molecule has 34 heavy (non-hydrogen) atoms. The van der Waals surface area contributed by atoms with E-state index in [1.54, 1.807) is 6.20 Å². The van der Waals surface area contributed by atoms with Crippen molar-refractivity contribution in [1.82, 2.24) is 20.6 Å². The Morgan fingerprint density at radius 3 is 2.38 bits per heavy atom. The molecule has 0 spiro atoms. The summed E-state index contributed by atoms with van der Waals surface area (Å²) in [4.78, 5) is 23.7. The molecule has 9 heteroatoms. The Bertz CT molecular complexity index is 979. The molecule has 3 fully saturated rings. The minimum Gasteiger partial charge on any atom is -0.378 e. The summed E-state index contributed by atoms with van der Waals surface area (Å²) >= 11 is 0. The fourth-order valence-corrected chi connectivity index (χ4v) is 5.07. The van der Waals surface area contributed by atoms with Crippen molar-refractivity contribution in [2.45, 2.75) is 62.4 Å². The first kappa shape index (κ1) is 22.9. The van der Waals surface area contributed by atoms with Gasteiger partial charge in [0, 0.05) is 37.6 Å². The van der Waals surface area contributed by atoms with E-state index in [9.17, 15) is 4.79 Å². The molecule has 0 bridgehead atoms. The molecule has 3 aliphatic rings. The van der Waals surface area contributed by atoms with Crippen molar-refractivity contribution >= 4 is 17.7 Å². The molecule has 4 atom stereocenters. The van der Waals surface area contributed by atoms with E-state index >= 15 is 0 Å². The lowest BCUT2D eigenvalue weighted by Crippen LogP contribution is -2.51. The number of urea groups is 1. The van der Waals surface area contributed by atoms with Crippen LogP contribution < -0.4 is 20.9 Å². The Labute approximate surface area is 200 Å². The number of nitrogens with zero attached hydrogens (tertiary/aromatic N) is 3. The predicted molar refractivity (Wildman–Crippen MR) is 131 cm³/mol. The van der Waals surface area contributed by atoms with Crippen molar-refractivity contribution in [1.29, 1.82) is 0 Å². The lowest BCUT2D eigenvalue weighted by molar-refractivity contribution is 0.0681. The number of hydrogen-bond donors (Lipinski definition) is 3. The van der Waals surface area contributed by atoms with Gasteiger partial charge in [-0.05, 0) is 31.0 Å². The van der Waals surface area contributed by atoms with Gasteiger partial charge < -0.3 is 30.3 Å². The van der Waals surface area contributed by atoms with E-state index in [1.165, 1.54) is 19.3 Å². The molecule has 3 heterocycles. The predicted octanol–water partition coefficient (Wildman–Crippen LogP) is 2.79. The normalized spacial score (nSPS) is 26.6. The first-order chi connectivity index (χ1) is 16.6. The second-order valence-corrected chi connectivity index (χ2v) is 9.61. The zero-order valence-electron chi connectivity index (χ0n) is 19.9. The van der Waals surface area contributed by atoms with Crippen molar-refractivity contribution in [2.75, 3.05) is 37.5 Å². The van der Waals surface area contributed by atoms with Crippen LogP contribution in [0.4, 0.5) is 16.4 Å². The first-order valence-corrected chi connectivity index (χ1v) is 12.2. The van der Waals surface area contributed by atoms with Crippen LogP contribution in [0, 0.1) is 0 Å². The molecule has 1 aromatic heterocycles. The Balaban J connectivity index is 1.17. The molecule has 0 radical (unpaired) electrons. The molecule has 3 N–H and O–H groups in total. The van der Waals surface area contributed by atoms with Gasteiger partial charge in [0.05, 0.1) is 31.0 Å². The number of fused-ring (bicyclic) bond motifs is 1. The average Bonchev–Trinajstić information content (AvgIpc) is 3.43. The van der Waals surface area contributed by atoms with Gasteiger partial charge in [-0.15, -0.1) is 0 Å². The highest BCUT2D eigenvalue weighted by Gasteiger charge is 2.48. The topological polar surface area (TPSA) is 101 Å². The Hall–Kier alpha value is -2.91. The maximum atomic E-state index is 12.5. The summed E-state index contributed by atoms with van der Waals surface area (Å²) in [5, 5.41) is 9.55. The third kappa shape index (κ3) is 5.10. The number of ether oxygens (including phenoxy) is 2. The van der Waals surface area contributed by atoms with Gasteiger partial charge in [0.2, 0.25) is 5.95 Å². The summed E-state index contributed by atoms with van der Waals surface area (Å²) in [7, 11) is 4.04. The zero-order chi connectivity index (χ0) is 23.5. The van der Waals surface area contributed by atoms with E-state index in [1.807, 2.05) is 20.2 Å². The second-order valence-electron chi connectivity index (χ2n) is 9.61. The van der Waals surface area contributed by atoms with E-state index in [0.29, 0.717) is 19.2 Å². The molecule has 9 nitrogen and oxygen atoms in total. The van der Waals surface area contributed by atoms with E-state index in [-0.39, 0.29) is 36.4 Å². The number of nitrogens with one attached hydrogen (secondary N) is 3. The van der Waals surface area contributed by atoms with Gasteiger partial charge in [-0.2, -0.15) is 0 Å². The SMILES string of the molecule is CN(C)c1ccc(-c2ccnc(NC3COC4C(NC(=O)NC5CCCCC5)COC34)n2)cc1. The summed E-state index contributed by atoms with van der Waals surface area (Å²) in [5.41, 5.74) is 3.02. The molecule has 2 aromatic rings. The molecule has 2 aliphatic heterocycles.